The van der Waals surface area contributed by atoms with Gasteiger partial charge in [-0.3, -0.25) is 4.98 Å². The molecule has 3 rings (SSSR count). The number of hydrogen-bond acceptors (Lipinski definition) is 3. The number of aromatic nitrogens is 1. The van der Waals surface area contributed by atoms with E-state index in [-0.39, 0.29) is 26.7 Å². The Morgan fingerprint density at radius 1 is 1.43 bits per heavy atom. The molecule has 1 N–H and O–H groups in total. The van der Waals surface area contributed by atoms with Crippen LogP contribution < -0.4 is 5.32 Å². The van der Waals surface area contributed by atoms with Crippen LogP contribution in [0.15, 0.2) is 43.1 Å². The van der Waals surface area contributed by atoms with Crippen LogP contribution in [0.1, 0.15) is 50.2 Å². The molecule has 0 radical (unpaired) electrons. The van der Waals surface area contributed by atoms with Crippen molar-refractivity contribution in [3.05, 3.63) is 70.8 Å². The molecule has 2 heterocycles. The molecule has 1 atom stereocenters. The van der Waals surface area contributed by atoms with Gasteiger partial charge in [0.2, 0.25) is 0 Å². The summed E-state index contributed by atoms with van der Waals surface area (Å²) >= 11 is 5.78. The largest absolute Gasteiger partial charge is 0.371 e. The van der Waals surface area contributed by atoms with Crippen molar-refractivity contribution in [2.75, 3.05) is 19.5 Å². The zero-order chi connectivity index (χ0) is 29.1. The van der Waals surface area contributed by atoms with Crippen molar-refractivity contribution in [1.29, 1.82) is 0 Å². The Labute approximate surface area is 184 Å². The molecular formula is C22H26ClF2N3. The van der Waals surface area contributed by atoms with Crippen molar-refractivity contribution in [2.45, 2.75) is 38.3 Å². The molecule has 0 bridgehead atoms. The first kappa shape index (κ1) is 11.3. The lowest BCUT2D eigenvalue weighted by atomic mass is 9.92. The van der Waals surface area contributed by atoms with Crippen molar-refractivity contribution < 1.29 is 22.5 Å². The quantitative estimate of drug-likeness (QED) is 0.689. The number of alkyl halides is 1. The highest BCUT2D eigenvalue weighted by Crippen LogP contribution is 2.31. The summed E-state index contributed by atoms with van der Waals surface area (Å²) in [5.74, 6) is -0.803. The van der Waals surface area contributed by atoms with Crippen molar-refractivity contribution in [1.82, 2.24) is 15.2 Å². The second kappa shape index (κ2) is 9.01. The summed E-state index contributed by atoms with van der Waals surface area (Å²) in [6, 6.07) is 5.89. The van der Waals surface area contributed by atoms with Crippen LogP contribution in [-0.2, 0) is 12.9 Å². The number of likely N-dealkylation sites (tertiary alicyclic amines) is 1. The van der Waals surface area contributed by atoms with E-state index in [1.54, 1.807) is 0 Å². The molecule has 1 unspecified atom stereocenters. The van der Waals surface area contributed by atoms with Gasteiger partial charge in [-0.1, -0.05) is 31.2 Å². The van der Waals surface area contributed by atoms with E-state index < -0.39 is 62.4 Å². The Hall–Kier alpha value is -1.98. The van der Waals surface area contributed by atoms with Crippen LogP contribution in [0.4, 0.5) is 8.78 Å². The Morgan fingerprint density at radius 3 is 2.93 bits per heavy atom. The van der Waals surface area contributed by atoms with Gasteiger partial charge in [0.1, 0.15) is 11.5 Å². The number of nitrogens with zero attached hydrogens (tertiary/aromatic N) is 2. The average molecular weight is 416 g/mol. The predicted octanol–water partition coefficient (Wildman–Crippen LogP) is 5.00. The van der Waals surface area contributed by atoms with Gasteiger partial charge in [-0.05, 0) is 41.8 Å². The van der Waals surface area contributed by atoms with Gasteiger partial charge in [0.15, 0.2) is 0 Å². The number of halogens is 3. The smallest absolute Gasteiger partial charge is 0.141 e. The van der Waals surface area contributed by atoms with Crippen LogP contribution in [0.25, 0.3) is 5.70 Å². The van der Waals surface area contributed by atoms with E-state index in [9.17, 15) is 4.39 Å². The van der Waals surface area contributed by atoms with Gasteiger partial charge in [-0.2, -0.15) is 0 Å². The van der Waals surface area contributed by atoms with Gasteiger partial charge in [0, 0.05) is 64.4 Å². The molecule has 1 aromatic carbocycles. The summed E-state index contributed by atoms with van der Waals surface area (Å²) in [5, 5.41) is 1.82. The fourth-order valence-corrected chi connectivity index (χ4v) is 2.59. The fourth-order valence-electron chi connectivity index (χ4n) is 2.41. The molecule has 1 saturated heterocycles. The minimum absolute atomic E-state index is 0.0431. The summed E-state index contributed by atoms with van der Waals surface area (Å²) in [6.45, 7) is -5.29. The molecule has 1 fully saturated rings. The molecule has 1 aliphatic heterocycles. The summed E-state index contributed by atoms with van der Waals surface area (Å²) in [6.07, 6.45) is -5.55. The van der Waals surface area contributed by atoms with Gasteiger partial charge < -0.3 is 10.2 Å². The topological polar surface area (TPSA) is 28.2 Å². The minimum atomic E-state index is -3.74. The number of aryl methyl sites for hydroxylation is 1. The molecule has 6 heteroatoms. The summed E-state index contributed by atoms with van der Waals surface area (Å²) < 4.78 is 113. The second-order valence-corrected chi connectivity index (χ2v) is 6.46. The van der Waals surface area contributed by atoms with E-state index in [1.165, 1.54) is 25.3 Å². The first-order valence-corrected chi connectivity index (χ1v) is 8.80. The first-order chi connectivity index (χ1) is 17.1. The Balaban J connectivity index is 1.95. The van der Waals surface area contributed by atoms with Crippen LogP contribution in [0, 0.1) is 5.82 Å². The standard InChI is InChI=1S/C22H26ClF2N3/c1-3-17-4-6-19(27-13-17)14-26-15-22(25)8-10-28(11-9-22)16(2)18-5-7-21(24)20(23)12-18/h4-7,12-13,26H,2-3,8-11,14-15H2,1H3/i3D2,8D2,10D2,11D2,15D2. The van der Waals surface area contributed by atoms with E-state index in [2.05, 4.69) is 16.9 Å². The van der Waals surface area contributed by atoms with E-state index in [0.29, 0.717) is 0 Å². The average Bonchev–Trinajstić information content (AvgIpc) is 2.77. The molecule has 2 aromatic rings. The Kier molecular flexibility index (Phi) is 3.63. The third-order valence-corrected chi connectivity index (χ3v) is 4.33. The molecule has 0 spiro atoms. The predicted molar refractivity (Wildman–Crippen MR) is 110 cm³/mol. The number of pyridine rings is 1. The molecule has 150 valence electrons. The van der Waals surface area contributed by atoms with E-state index >= 15 is 4.39 Å². The van der Waals surface area contributed by atoms with Crippen molar-refractivity contribution in [3.8, 4) is 0 Å². The van der Waals surface area contributed by atoms with Crippen molar-refractivity contribution in [2.24, 2.45) is 0 Å². The van der Waals surface area contributed by atoms with Gasteiger partial charge >= 0.3 is 0 Å². The third-order valence-electron chi connectivity index (χ3n) is 4.04. The van der Waals surface area contributed by atoms with Crippen LogP contribution >= 0.6 is 11.6 Å². The molecule has 1 aliphatic rings. The molecule has 0 amide bonds. The maximum Gasteiger partial charge on any atom is 0.141 e. The number of hydrogen-bond donors (Lipinski definition) is 1. The maximum atomic E-state index is 16.5. The zero-order valence-electron chi connectivity index (χ0n) is 25.1. The molecular weight excluding hydrogens is 380 g/mol. The molecule has 0 saturated carbocycles. The molecule has 1 aromatic heterocycles. The van der Waals surface area contributed by atoms with Gasteiger partial charge in [0.25, 0.3) is 0 Å². The highest BCUT2D eigenvalue weighted by atomic mass is 35.5. The number of piperidine rings is 1. The van der Waals surface area contributed by atoms with Gasteiger partial charge in [0.05, 0.1) is 10.7 Å². The minimum Gasteiger partial charge on any atom is -0.371 e. The maximum absolute atomic E-state index is 16.5. The molecule has 0 aliphatic carbocycles. The van der Waals surface area contributed by atoms with Crippen LogP contribution in [0.5, 0.6) is 0 Å². The lowest BCUT2D eigenvalue weighted by Gasteiger charge is -2.38. The number of benzene rings is 1. The van der Waals surface area contributed by atoms with Gasteiger partial charge in [-0.15, -0.1) is 0 Å². The molecule has 3 nitrogen and oxygen atoms in total. The monoisotopic (exact) mass is 415 g/mol. The van der Waals surface area contributed by atoms with Crippen molar-refractivity contribution >= 4 is 17.3 Å². The van der Waals surface area contributed by atoms with E-state index in [4.69, 9.17) is 25.3 Å². The highest BCUT2D eigenvalue weighted by molar-refractivity contribution is 6.30. The lowest BCUT2D eigenvalue weighted by molar-refractivity contribution is 0.0801. The Bertz CT molecular complexity index is 1220. The normalized spacial score (nSPS) is 31.4. The summed E-state index contributed by atoms with van der Waals surface area (Å²) in [7, 11) is 0. The molecule has 28 heavy (non-hydrogen) atoms. The third kappa shape index (κ3) is 5.09. The van der Waals surface area contributed by atoms with Crippen LogP contribution in [0.3, 0.4) is 0 Å². The van der Waals surface area contributed by atoms with E-state index in [1.807, 2.05) is 0 Å². The lowest BCUT2D eigenvalue weighted by Crippen LogP contribution is -2.46. The van der Waals surface area contributed by atoms with Crippen LogP contribution in [-0.4, -0.2) is 35.0 Å². The SMILES string of the molecule is [2H]C([2H])(C)c1ccc(CNC([2H])([2H])C2(F)CC([2H])([2H])N(C(=C)c3ccc(F)c(Cl)c3)C([2H])([2H])C2([2H])[2H])nc1. The van der Waals surface area contributed by atoms with Crippen LogP contribution in [0.2, 0.25) is 5.02 Å². The second-order valence-electron chi connectivity index (χ2n) is 6.05. The van der Waals surface area contributed by atoms with E-state index in [0.717, 1.165) is 18.2 Å². The Morgan fingerprint density at radius 2 is 2.25 bits per heavy atom. The summed E-state index contributed by atoms with van der Waals surface area (Å²) in [5.41, 5.74) is -3.82. The number of nitrogens with one attached hydrogen (secondary N) is 1. The summed E-state index contributed by atoms with van der Waals surface area (Å²) in [4.78, 5) is 4.29. The fraction of sp³-hybridized carbons (Fsp3) is 0.409. The van der Waals surface area contributed by atoms with Crippen molar-refractivity contribution in [3.63, 3.8) is 0 Å². The van der Waals surface area contributed by atoms with Gasteiger partial charge in [-0.25, -0.2) is 8.78 Å². The first-order valence-electron chi connectivity index (χ1n) is 13.4. The number of rotatable bonds is 7. The zero-order valence-corrected chi connectivity index (χ0v) is 15.9. The highest BCUT2D eigenvalue weighted by Gasteiger charge is 2.34.